The highest BCUT2D eigenvalue weighted by Crippen LogP contribution is 2.47. The summed E-state index contributed by atoms with van der Waals surface area (Å²) in [4.78, 5) is 24.5. The zero-order valence-corrected chi connectivity index (χ0v) is 17.8. The number of rotatable bonds is 7. The molecule has 2 aromatic rings. The minimum Gasteiger partial charge on any atom is -0.466 e. The first kappa shape index (κ1) is 21.7. The van der Waals surface area contributed by atoms with Gasteiger partial charge in [-0.3, -0.25) is 14.9 Å². The molecule has 0 heterocycles. The lowest BCUT2D eigenvalue weighted by Gasteiger charge is -2.21. The second-order valence-corrected chi connectivity index (χ2v) is 8.45. The van der Waals surface area contributed by atoms with E-state index in [1.807, 2.05) is 6.08 Å². The molecule has 158 valence electrons. The minimum atomic E-state index is -0.547. The molecule has 0 amide bonds. The Morgan fingerprint density at radius 2 is 1.93 bits per heavy atom. The van der Waals surface area contributed by atoms with E-state index in [2.05, 4.69) is 20.8 Å². The first-order chi connectivity index (χ1) is 14.2. The third-order valence-electron chi connectivity index (χ3n) is 5.57. The molecular weight excluding hydrogens is 382 g/mol. The zero-order chi connectivity index (χ0) is 21.9. The van der Waals surface area contributed by atoms with Crippen LogP contribution in [0.5, 0.6) is 5.75 Å². The first-order valence-electron chi connectivity index (χ1n) is 9.98. The maximum absolute atomic E-state index is 13.3. The average Bonchev–Trinajstić information content (AvgIpc) is 2.97. The number of nitrogens with zero attached hydrogens (tertiary/aromatic N) is 1. The molecule has 2 aromatic carbocycles. The van der Waals surface area contributed by atoms with E-state index in [9.17, 15) is 14.9 Å². The van der Waals surface area contributed by atoms with Crippen LogP contribution in [0.15, 0.2) is 48.0 Å². The van der Waals surface area contributed by atoms with Gasteiger partial charge in [0.1, 0.15) is 11.3 Å². The number of hydrogen-bond donors (Lipinski definition) is 0. The molecule has 1 saturated carbocycles. The maximum atomic E-state index is 13.3. The van der Waals surface area contributed by atoms with E-state index in [1.165, 1.54) is 18.7 Å². The van der Waals surface area contributed by atoms with Crippen LogP contribution in [0.4, 0.5) is 5.69 Å². The first-order valence-corrected chi connectivity index (χ1v) is 9.98. The largest absolute Gasteiger partial charge is 0.466 e. The Morgan fingerprint density at radius 1 is 1.23 bits per heavy atom. The smallest absolute Gasteiger partial charge is 0.284 e. The van der Waals surface area contributed by atoms with Crippen LogP contribution in [-0.4, -0.2) is 24.6 Å². The highest BCUT2D eigenvalue weighted by molar-refractivity contribution is 6.14. The lowest BCUT2D eigenvalue weighted by molar-refractivity contribution is -0.385. The van der Waals surface area contributed by atoms with Gasteiger partial charge in [-0.1, -0.05) is 62.8 Å². The molecule has 0 bridgehead atoms. The van der Waals surface area contributed by atoms with Gasteiger partial charge >= 0.3 is 0 Å². The van der Waals surface area contributed by atoms with Gasteiger partial charge in [-0.2, -0.15) is 0 Å². The Morgan fingerprint density at radius 3 is 2.50 bits per heavy atom. The van der Waals surface area contributed by atoms with Gasteiger partial charge in [-0.15, -0.1) is 0 Å². The lowest BCUT2D eigenvalue weighted by atomic mass is 9.85. The molecule has 0 aliphatic heterocycles. The molecular formula is C24H27NO5. The normalized spacial score (nSPS) is 19.1. The summed E-state index contributed by atoms with van der Waals surface area (Å²) in [5, 5.41) is 11.7. The lowest BCUT2D eigenvalue weighted by Crippen LogP contribution is -2.12. The molecule has 0 radical (unpaired) electrons. The van der Waals surface area contributed by atoms with Crippen LogP contribution in [0.3, 0.4) is 0 Å². The van der Waals surface area contributed by atoms with E-state index in [0.29, 0.717) is 17.0 Å². The fourth-order valence-corrected chi connectivity index (χ4v) is 4.25. The van der Waals surface area contributed by atoms with E-state index in [0.717, 1.165) is 12.8 Å². The van der Waals surface area contributed by atoms with Gasteiger partial charge < -0.3 is 9.47 Å². The van der Waals surface area contributed by atoms with Crippen LogP contribution in [0, 0.1) is 21.4 Å². The highest BCUT2D eigenvalue weighted by Gasteiger charge is 2.34. The van der Waals surface area contributed by atoms with Crippen molar-refractivity contribution in [2.45, 2.75) is 33.6 Å². The second kappa shape index (κ2) is 8.79. The Labute approximate surface area is 176 Å². The molecule has 1 aliphatic rings. The topological polar surface area (TPSA) is 78.7 Å². The summed E-state index contributed by atoms with van der Waals surface area (Å²) in [5.41, 5.74) is 1.93. The minimum absolute atomic E-state index is 0.0172. The number of ketones is 1. The molecule has 1 unspecified atom stereocenters. The number of benzene rings is 2. The van der Waals surface area contributed by atoms with Gasteiger partial charge in [0.25, 0.3) is 5.69 Å². The summed E-state index contributed by atoms with van der Waals surface area (Å²) in [6, 6.07) is 11.5. The summed E-state index contributed by atoms with van der Waals surface area (Å²) < 4.78 is 10.8. The fourth-order valence-electron chi connectivity index (χ4n) is 4.25. The summed E-state index contributed by atoms with van der Waals surface area (Å²) in [6.45, 7) is 6.48. The molecule has 1 aliphatic carbocycles. The molecule has 30 heavy (non-hydrogen) atoms. The van der Waals surface area contributed by atoms with Crippen LogP contribution < -0.4 is 4.74 Å². The number of ether oxygens (including phenoxy) is 2. The van der Waals surface area contributed by atoms with Gasteiger partial charge in [0.2, 0.25) is 5.78 Å². The summed E-state index contributed by atoms with van der Waals surface area (Å²) >= 11 is 0. The van der Waals surface area contributed by atoms with Gasteiger partial charge in [0.15, 0.2) is 6.79 Å². The molecule has 6 heteroatoms. The summed E-state index contributed by atoms with van der Waals surface area (Å²) in [7, 11) is 1.47. The van der Waals surface area contributed by atoms with E-state index in [-0.39, 0.29) is 29.2 Å². The Hall–Kier alpha value is -2.99. The Balaban J connectivity index is 2.21. The van der Waals surface area contributed by atoms with Crippen molar-refractivity contribution in [3.8, 4) is 5.75 Å². The predicted octanol–water partition coefficient (Wildman–Crippen LogP) is 5.65. The van der Waals surface area contributed by atoms with E-state index < -0.39 is 10.7 Å². The second-order valence-electron chi connectivity index (χ2n) is 8.45. The van der Waals surface area contributed by atoms with Crippen LogP contribution in [0.1, 0.15) is 55.1 Å². The van der Waals surface area contributed by atoms with E-state index in [1.54, 1.807) is 36.4 Å². The van der Waals surface area contributed by atoms with Crippen molar-refractivity contribution in [1.82, 2.24) is 0 Å². The van der Waals surface area contributed by atoms with Crippen molar-refractivity contribution in [3.05, 3.63) is 74.8 Å². The number of carbonyl (C=O) groups excluding carboxylic acids is 1. The molecule has 0 spiro atoms. The van der Waals surface area contributed by atoms with Gasteiger partial charge in [-0.05, 0) is 30.2 Å². The SMILES string of the molecule is COCOc1c(/C=C2\CC(C)CC2(C)C)ccc([N+](=O)[O-])c1C(=O)c1ccccc1. The molecule has 1 fully saturated rings. The fraction of sp³-hybridized carbons (Fsp3) is 0.375. The third-order valence-corrected chi connectivity index (χ3v) is 5.57. The summed E-state index contributed by atoms with van der Waals surface area (Å²) in [5.74, 6) is 0.286. The number of nitro benzene ring substituents is 1. The molecule has 0 N–H and O–H groups in total. The number of nitro groups is 1. The molecule has 3 rings (SSSR count). The predicted molar refractivity (Wildman–Crippen MR) is 116 cm³/mol. The molecule has 6 nitrogen and oxygen atoms in total. The van der Waals surface area contributed by atoms with Crippen LogP contribution in [0.25, 0.3) is 6.08 Å². The van der Waals surface area contributed by atoms with Gasteiger partial charge in [-0.25, -0.2) is 0 Å². The molecule has 1 atom stereocenters. The zero-order valence-electron chi connectivity index (χ0n) is 17.8. The highest BCUT2D eigenvalue weighted by atomic mass is 16.7. The van der Waals surface area contributed by atoms with Crippen LogP contribution >= 0.6 is 0 Å². The van der Waals surface area contributed by atoms with Crippen molar-refractivity contribution in [3.63, 3.8) is 0 Å². The van der Waals surface area contributed by atoms with Crippen LogP contribution in [0.2, 0.25) is 0 Å². The van der Waals surface area contributed by atoms with Crippen molar-refractivity contribution < 1.29 is 19.2 Å². The molecule has 0 saturated heterocycles. The monoisotopic (exact) mass is 409 g/mol. The van der Waals surface area contributed by atoms with E-state index in [4.69, 9.17) is 9.47 Å². The number of hydrogen-bond acceptors (Lipinski definition) is 5. The number of carbonyl (C=O) groups is 1. The number of allylic oxidation sites excluding steroid dienone is 1. The van der Waals surface area contributed by atoms with Crippen molar-refractivity contribution >= 4 is 17.5 Å². The van der Waals surface area contributed by atoms with Crippen molar-refractivity contribution in [2.75, 3.05) is 13.9 Å². The third kappa shape index (κ3) is 4.44. The van der Waals surface area contributed by atoms with Gasteiger partial charge in [0, 0.05) is 24.3 Å². The van der Waals surface area contributed by atoms with Gasteiger partial charge in [0.05, 0.1) is 4.92 Å². The Kier molecular flexibility index (Phi) is 6.37. The summed E-state index contributed by atoms with van der Waals surface area (Å²) in [6.07, 6.45) is 4.02. The average molecular weight is 409 g/mol. The van der Waals surface area contributed by atoms with E-state index >= 15 is 0 Å². The Bertz CT molecular complexity index is 979. The van der Waals surface area contributed by atoms with Crippen molar-refractivity contribution in [2.24, 2.45) is 11.3 Å². The standard InChI is InChI=1S/C24H27NO5/c1-16-12-19(24(2,3)14-16)13-18-10-11-20(25(27)28)21(23(18)30-15-29-4)22(26)17-8-6-5-7-9-17/h5-11,13,16H,12,14-15H2,1-4H3/b19-13+. The quantitative estimate of drug-likeness (QED) is 0.256. The number of methoxy groups -OCH3 is 1. The maximum Gasteiger partial charge on any atom is 0.284 e. The molecule has 0 aromatic heterocycles. The van der Waals surface area contributed by atoms with Crippen LogP contribution in [-0.2, 0) is 4.74 Å². The van der Waals surface area contributed by atoms with Crippen molar-refractivity contribution in [1.29, 1.82) is 0 Å².